The van der Waals surface area contributed by atoms with Crippen LogP contribution in [0.2, 0.25) is 0 Å². The van der Waals surface area contributed by atoms with Crippen molar-refractivity contribution in [2.24, 2.45) is 0 Å². The summed E-state index contributed by atoms with van der Waals surface area (Å²) in [4.78, 5) is 25.7. The van der Waals surface area contributed by atoms with Gasteiger partial charge in [0.25, 0.3) is 0 Å². The normalized spacial score (nSPS) is 14.4. The van der Waals surface area contributed by atoms with Gasteiger partial charge < -0.3 is 15.0 Å². The number of hydrogen-bond acceptors (Lipinski definition) is 3. The van der Waals surface area contributed by atoms with E-state index >= 15 is 0 Å². The minimum atomic E-state index is -4.82. The molecular weight excluding hydrogens is 385 g/mol. The Bertz CT molecular complexity index is 925. The van der Waals surface area contributed by atoms with Crippen LogP contribution in [0, 0.1) is 0 Å². The summed E-state index contributed by atoms with van der Waals surface area (Å²) in [5.41, 5.74) is 1.54. The van der Waals surface area contributed by atoms with E-state index < -0.39 is 12.3 Å². The molecule has 0 aliphatic carbocycles. The molecular formula is C21H19F3N2O3. The molecule has 152 valence electrons. The van der Waals surface area contributed by atoms with Crippen LogP contribution in [-0.2, 0) is 16.1 Å². The predicted octanol–water partition coefficient (Wildman–Crippen LogP) is 4.36. The SMILES string of the molecule is O=C(/C=C/c1ccccc1OC(F)(F)F)Nc1cccc(CN2CCCC2=O)c1. The molecule has 2 aromatic carbocycles. The Morgan fingerprint density at radius 1 is 1.17 bits per heavy atom. The zero-order chi connectivity index (χ0) is 20.9. The Hall–Kier alpha value is -3.29. The Morgan fingerprint density at radius 3 is 2.69 bits per heavy atom. The van der Waals surface area contributed by atoms with Crippen LogP contribution >= 0.6 is 0 Å². The standard InChI is InChI=1S/C21H19F3N2O3/c22-21(23,24)29-18-8-2-1-6-16(18)10-11-19(27)25-17-7-3-5-15(13-17)14-26-12-4-9-20(26)28/h1-3,5-8,10-11,13H,4,9,12,14H2,(H,25,27)/b11-10+. The lowest BCUT2D eigenvalue weighted by Gasteiger charge is -2.16. The third kappa shape index (κ3) is 6.10. The maximum Gasteiger partial charge on any atom is 0.573 e. The van der Waals surface area contributed by atoms with Crippen molar-refractivity contribution in [2.45, 2.75) is 25.7 Å². The van der Waals surface area contributed by atoms with Gasteiger partial charge >= 0.3 is 6.36 Å². The average Bonchev–Trinajstić information content (AvgIpc) is 3.05. The van der Waals surface area contributed by atoms with E-state index in [0.717, 1.165) is 24.6 Å². The highest BCUT2D eigenvalue weighted by atomic mass is 19.4. The van der Waals surface area contributed by atoms with Gasteiger partial charge in [-0.2, -0.15) is 0 Å². The Balaban J connectivity index is 1.64. The molecule has 3 rings (SSSR count). The quantitative estimate of drug-likeness (QED) is 0.728. The predicted molar refractivity (Wildman–Crippen MR) is 102 cm³/mol. The van der Waals surface area contributed by atoms with Gasteiger partial charge in [0.1, 0.15) is 5.75 Å². The lowest BCUT2D eigenvalue weighted by Crippen LogP contribution is -2.23. The molecule has 8 heteroatoms. The summed E-state index contributed by atoms with van der Waals surface area (Å²) >= 11 is 0. The van der Waals surface area contributed by atoms with Gasteiger partial charge in [-0.3, -0.25) is 9.59 Å². The number of rotatable bonds is 6. The van der Waals surface area contributed by atoms with Crippen molar-refractivity contribution < 1.29 is 27.5 Å². The monoisotopic (exact) mass is 404 g/mol. The number of likely N-dealkylation sites (tertiary alicyclic amines) is 1. The van der Waals surface area contributed by atoms with Crippen molar-refractivity contribution in [2.75, 3.05) is 11.9 Å². The fourth-order valence-corrected chi connectivity index (χ4v) is 3.02. The van der Waals surface area contributed by atoms with Crippen molar-refractivity contribution in [3.63, 3.8) is 0 Å². The molecule has 2 aromatic rings. The molecule has 29 heavy (non-hydrogen) atoms. The number of benzene rings is 2. The molecule has 0 aromatic heterocycles. The largest absolute Gasteiger partial charge is 0.573 e. The number of nitrogens with zero attached hydrogens (tertiary/aromatic N) is 1. The van der Waals surface area contributed by atoms with Crippen LogP contribution in [0.3, 0.4) is 0 Å². The van der Waals surface area contributed by atoms with E-state index in [1.165, 1.54) is 24.3 Å². The molecule has 1 heterocycles. The second kappa shape index (κ2) is 8.81. The Kier molecular flexibility index (Phi) is 6.21. The van der Waals surface area contributed by atoms with Crippen molar-refractivity contribution in [1.29, 1.82) is 0 Å². The number of carbonyl (C=O) groups is 2. The molecule has 1 N–H and O–H groups in total. The number of para-hydroxylation sites is 1. The van der Waals surface area contributed by atoms with Gasteiger partial charge in [0.2, 0.25) is 11.8 Å². The fourth-order valence-electron chi connectivity index (χ4n) is 3.02. The summed E-state index contributed by atoms with van der Waals surface area (Å²) in [7, 11) is 0. The van der Waals surface area contributed by atoms with E-state index in [9.17, 15) is 22.8 Å². The van der Waals surface area contributed by atoms with E-state index in [2.05, 4.69) is 10.1 Å². The minimum absolute atomic E-state index is 0.113. The third-order valence-electron chi connectivity index (χ3n) is 4.30. The Labute approximate surface area is 165 Å². The summed E-state index contributed by atoms with van der Waals surface area (Å²) in [6.07, 6.45) is -1.03. The number of nitrogens with one attached hydrogen (secondary N) is 1. The van der Waals surface area contributed by atoms with Gasteiger partial charge in [0.05, 0.1) is 0 Å². The molecule has 1 aliphatic heterocycles. The van der Waals surface area contributed by atoms with E-state index in [-0.39, 0.29) is 17.2 Å². The first kappa shape index (κ1) is 20.4. The number of amides is 2. The Morgan fingerprint density at radius 2 is 1.97 bits per heavy atom. The van der Waals surface area contributed by atoms with Crippen molar-refractivity contribution in [3.05, 3.63) is 65.7 Å². The van der Waals surface area contributed by atoms with Crippen LogP contribution in [0.4, 0.5) is 18.9 Å². The number of carbonyl (C=O) groups excluding carboxylic acids is 2. The van der Waals surface area contributed by atoms with E-state index in [4.69, 9.17) is 0 Å². The molecule has 0 spiro atoms. The van der Waals surface area contributed by atoms with Crippen molar-refractivity contribution in [3.8, 4) is 5.75 Å². The zero-order valence-corrected chi connectivity index (χ0v) is 15.4. The van der Waals surface area contributed by atoms with Gasteiger partial charge in [-0.15, -0.1) is 13.2 Å². The van der Waals surface area contributed by atoms with Crippen LogP contribution in [-0.4, -0.2) is 29.6 Å². The van der Waals surface area contributed by atoms with Crippen LogP contribution in [0.5, 0.6) is 5.75 Å². The number of halogens is 3. The highest BCUT2D eigenvalue weighted by Crippen LogP contribution is 2.27. The highest BCUT2D eigenvalue weighted by molar-refractivity contribution is 6.02. The van der Waals surface area contributed by atoms with Gasteiger partial charge in [-0.05, 0) is 36.3 Å². The number of ether oxygens (including phenoxy) is 1. The molecule has 5 nitrogen and oxygen atoms in total. The first-order valence-electron chi connectivity index (χ1n) is 9.01. The number of hydrogen-bond donors (Lipinski definition) is 1. The highest BCUT2D eigenvalue weighted by Gasteiger charge is 2.31. The number of alkyl halides is 3. The molecule has 0 saturated carbocycles. The summed E-state index contributed by atoms with van der Waals surface area (Å²) in [6.45, 7) is 1.19. The van der Waals surface area contributed by atoms with Crippen LogP contribution in [0.1, 0.15) is 24.0 Å². The van der Waals surface area contributed by atoms with Gasteiger partial charge in [-0.25, -0.2) is 0 Å². The van der Waals surface area contributed by atoms with Crippen molar-refractivity contribution in [1.82, 2.24) is 4.90 Å². The van der Waals surface area contributed by atoms with Crippen LogP contribution in [0.15, 0.2) is 54.6 Å². The zero-order valence-electron chi connectivity index (χ0n) is 15.4. The number of anilines is 1. The van der Waals surface area contributed by atoms with E-state index in [1.54, 1.807) is 29.2 Å². The second-order valence-electron chi connectivity index (χ2n) is 6.53. The molecule has 1 saturated heterocycles. The lowest BCUT2D eigenvalue weighted by atomic mass is 10.1. The van der Waals surface area contributed by atoms with E-state index in [0.29, 0.717) is 18.7 Å². The van der Waals surface area contributed by atoms with Crippen LogP contribution < -0.4 is 10.1 Å². The second-order valence-corrected chi connectivity index (χ2v) is 6.53. The summed E-state index contributed by atoms with van der Waals surface area (Å²) in [6, 6.07) is 12.6. The maximum atomic E-state index is 12.5. The van der Waals surface area contributed by atoms with Gasteiger partial charge in [0.15, 0.2) is 0 Å². The van der Waals surface area contributed by atoms with Gasteiger partial charge in [-0.1, -0.05) is 30.3 Å². The van der Waals surface area contributed by atoms with E-state index in [1.807, 2.05) is 6.07 Å². The molecule has 1 aliphatic rings. The summed E-state index contributed by atoms with van der Waals surface area (Å²) in [5, 5.41) is 2.66. The first-order valence-corrected chi connectivity index (χ1v) is 9.01. The van der Waals surface area contributed by atoms with Gasteiger partial charge in [0, 0.05) is 36.8 Å². The smallest absolute Gasteiger partial charge is 0.405 e. The molecule has 0 bridgehead atoms. The summed E-state index contributed by atoms with van der Waals surface area (Å²) < 4.78 is 41.4. The molecule has 1 fully saturated rings. The molecule has 2 amide bonds. The topological polar surface area (TPSA) is 58.6 Å². The van der Waals surface area contributed by atoms with Crippen LogP contribution in [0.25, 0.3) is 6.08 Å². The average molecular weight is 404 g/mol. The first-order chi connectivity index (χ1) is 13.8. The lowest BCUT2D eigenvalue weighted by molar-refractivity contribution is -0.274. The van der Waals surface area contributed by atoms with Crippen molar-refractivity contribution >= 4 is 23.6 Å². The summed E-state index contributed by atoms with van der Waals surface area (Å²) in [5.74, 6) is -0.773. The minimum Gasteiger partial charge on any atom is -0.405 e. The third-order valence-corrected chi connectivity index (χ3v) is 4.30. The fraction of sp³-hybridized carbons (Fsp3) is 0.238. The maximum absolute atomic E-state index is 12.5. The molecule has 0 atom stereocenters. The molecule has 0 radical (unpaired) electrons. The molecule has 0 unspecified atom stereocenters.